The SMILES string of the molecule is C=C(C=O)CC(C)(C)C(=O)OCCO. The summed E-state index contributed by atoms with van der Waals surface area (Å²) in [6, 6.07) is 0. The molecular weight excluding hydrogens is 184 g/mol. The Balaban J connectivity index is 4.22. The van der Waals surface area contributed by atoms with E-state index in [1.807, 2.05) is 0 Å². The van der Waals surface area contributed by atoms with Gasteiger partial charge < -0.3 is 9.84 Å². The summed E-state index contributed by atoms with van der Waals surface area (Å²) in [5.41, 5.74) is -0.413. The maximum atomic E-state index is 11.4. The standard InChI is InChI=1S/C10H16O4/c1-8(7-12)6-10(2,3)9(13)14-5-4-11/h7,11H,1,4-6H2,2-3H3. The van der Waals surface area contributed by atoms with E-state index in [2.05, 4.69) is 6.58 Å². The van der Waals surface area contributed by atoms with Gasteiger partial charge in [0.05, 0.1) is 12.0 Å². The fourth-order valence-electron chi connectivity index (χ4n) is 1.02. The second kappa shape index (κ2) is 5.54. The lowest BCUT2D eigenvalue weighted by Gasteiger charge is -2.21. The molecule has 80 valence electrons. The minimum Gasteiger partial charge on any atom is -0.463 e. The van der Waals surface area contributed by atoms with Crippen LogP contribution < -0.4 is 0 Å². The highest BCUT2D eigenvalue weighted by Crippen LogP contribution is 2.25. The fourth-order valence-corrected chi connectivity index (χ4v) is 1.02. The minimum absolute atomic E-state index is 0.0180. The smallest absolute Gasteiger partial charge is 0.311 e. The summed E-state index contributed by atoms with van der Waals surface area (Å²) in [6.07, 6.45) is 0.891. The molecule has 1 N–H and O–H groups in total. The second-order valence-electron chi connectivity index (χ2n) is 3.70. The number of allylic oxidation sites excluding steroid dienone is 1. The number of hydrogen-bond donors (Lipinski definition) is 1. The molecule has 0 heterocycles. The molecule has 0 aromatic heterocycles. The van der Waals surface area contributed by atoms with E-state index in [1.165, 1.54) is 0 Å². The van der Waals surface area contributed by atoms with Gasteiger partial charge in [-0.3, -0.25) is 9.59 Å². The predicted octanol–water partition coefficient (Wildman–Crippen LogP) is 0.693. The normalized spacial score (nSPS) is 10.8. The molecule has 0 fully saturated rings. The fraction of sp³-hybridized carbons (Fsp3) is 0.600. The highest BCUT2D eigenvalue weighted by atomic mass is 16.5. The third-order valence-corrected chi connectivity index (χ3v) is 1.71. The maximum absolute atomic E-state index is 11.4. The lowest BCUT2D eigenvalue weighted by Crippen LogP contribution is -2.28. The maximum Gasteiger partial charge on any atom is 0.311 e. The van der Waals surface area contributed by atoms with Crippen LogP contribution in [0.2, 0.25) is 0 Å². The molecule has 0 aliphatic carbocycles. The number of ether oxygens (including phenoxy) is 1. The minimum atomic E-state index is -0.771. The first-order valence-electron chi connectivity index (χ1n) is 4.35. The molecule has 0 atom stereocenters. The zero-order valence-electron chi connectivity index (χ0n) is 8.58. The Kier molecular flexibility index (Phi) is 5.09. The van der Waals surface area contributed by atoms with E-state index >= 15 is 0 Å². The van der Waals surface area contributed by atoms with Gasteiger partial charge in [0.1, 0.15) is 12.9 Å². The van der Waals surface area contributed by atoms with E-state index in [4.69, 9.17) is 9.84 Å². The van der Waals surface area contributed by atoms with Crippen LogP contribution in [0.3, 0.4) is 0 Å². The zero-order chi connectivity index (χ0) is 11.2. The molecule has 0 bridgehead atoms. The molecule has 0 spiro atoms. The van der Waals surface area contributed by atoms with Crippen molar-refractivity contribution in [2.24, 2.45) is 5.41 Å². The van der Waals surface area contributed by atoms with Crippen LogP contribution in [-0.4, -0.2) is 30.6 Å². The number of esters is 1. The van der Waals surface area contributed by atoms with Gasteiger partial charge in [-0.25, -0.2) is 0 Å². The molecule has 0 aliphatic rings. The van der Waals surface area contributed by atoms with Gasteiger partial charge in [-0.05, 0) is 25.8 Å². The molecule has 0 unspecified atom stereocenters. The van der Waals surface area contributed by atoms with E-state index in [0.29, 0.717) is 11.9 Å². The van der Waals surface area contributed by atoms with Crippen molar-refractivity contribution >= 4 is 12.3 Å². The Morgan fingerprint density at radius 3 is 2.57 bits per heavy atom. The van der Waals surface area contributed by atoms with Crippen molar-refractivity contribution in [1.29, 1.82) is 0 Å². The molecule has 4 heteroatoms. The van der Waals surface area contributed by atoms with Crippen LogP contribution in [0.1, 0.15) is 20.3 Å². The second-order valence-corrected chi connectivity index (χ2v) is 3.70. The Morgan fingerprint density at radius 2 is 2.14 bits per heavy atom. The van der Waals surface area contributed by atoms with E-state index in [1.54, 1.807) is 13.8 Å². The van der Waals surface area contributed by atoms with Gasteiger partial charge in [0.2, 0.25) is 0 Å². The number of carbonyl (C=O) groups is 2. The van der Waals surface area contributed by atoms with E-state index in [-0.39, 0.29) is 19.6 Å². The van der Waals surface area contributed by atoms with Crippen molar-refractivity contribution < 1.29 is 19.4 Å². The van der Waals surface area contributed by atoms with Crippen molar-refractivity contribution in [2.75, 3.05) is 13.2 Å². The van der Waals surface area contributed by atoms with Crippen molar-refractivity contribution in [3.63, 3.8) is 0 Å². The summed E-state index contributed by atoms with van der Waals surface area (Å²) < 4.78 is 4.76. The molecule has 0 radical (unpaired) electrons. The van der Waals surface area contributed by atoms with Crippen LogP contribution in [0.25, 0.3) is 0 Å². The summed E-state index contributed by atoms with van der Waals surface area (Å²) >= 11 is 0. The third kappa shape index (κ3) is 4.18. The average Bonchev–Trinajstić information content (AvgIpc) is 2.13. The largest absolute Gasteiger partial charge is 0.463 e. The molecule has 0 aromatic carbocycles. The van der Waals surface area contributed by atoms with Crippen LogP contribution in [0, 0.1) is 5.41 Å². The molecule has 0 saturated heterocycles. The summed E-state index contributed by atoms with van der Waals surface area (Å²) in [4.78, 5) is 21.7. The van der Waals surface area contributed by atoms with Gasteiger partial charge in [0, 0.05) is 0 Å². The summed E-state index contributed by atoms with van der Waals surface area (Å²) in [7, 11) is 0. The lowest BCUT2D eigenvalue weighted by atomic mass is 9.86. The first kappa shape index (κ1) is 12.8. The summed E-state index contributed by atoms with van der Waals surface area (Å²) in [5.74, 6) is -0.436. The van der Waals surface area contributed by atoms with Crippen LogP contribution in [0.5, 0.6) is 0 Å². The third-order valence-electron chi connectivity index (χ3n) is 1.71. The monoisotopic (exact) mass is 200 g/mol. The van der Waals surface area contributed by atoms with Crippen LogP contribution in [-0.2, 0) is 14.3 Å². The van der Waals surface area contributed by atoms with Crippen molar-refractivity contribution in [3.8, 4) is 0 Å². The Bertz CT molecular complexity index is 230. The molecule has 0 aromatic rings. The molecule has 0 aliphatic heterocycles. The van der Waals surface area contributed by atoms with Crippen LogP contribution >= 0.6 is 0 Å². The van der Waals surface area contributed by atoms with Crippen molar-refractivity contribution in [2.45, 2.75) is 20.3 Å². The number of aldehydes is 1. The Labute approximate surface area is 83.6 Å². The van der Waals surface area contributed by atoms with Crippen molar-refractivity contribution in [3.05, 3.63) is 12.2 Å². The number of aliphatic hydroxyl groups is 1. The van der Waals surface area contributed by atoms with Crippen LogP contribution in [0.15, 0.2) is 12.2 Å². The number of aliphatic hydroxyl groups excluding tert-OH is 1. The number of carbonyl (C=O) groups excluding carboxylic acids is 2. The molecule has 0 rings (SSSR count). The molecule has 4 nitrogen and oxygen atoms in total. The predicted molar refractivity (Wildman–Crippen MR) is 51.6 cm³/mol. The summed E-state index contributed by atoms with van der Waals surface area (Å²) in [5, 5.41) is 8.46. The Morgan fingerprint density at radius 1 is 1.57 bits per heavy atom. The lowest BCUT2D eigenvalue weighted by molar-refractivity contribution is -0.154. The van der Waals surface area contributed by atoms with Gasteiger partial charge in [-0.2, -0.15) is 0 Å². The molecule has 0 amide bonds. The van der Waals surface area contributed by atoms with Gasteiger partial charge in [0.15, 0.2) is 0 Å². The van der Waals surface area contributed by atoms with E-state index in [0.717, 1.165) is 0 Å². The molecule has 14 heavy (non-hydrogen) atoms. The Hall–Kier alpha value is -1.16. The summed E-state index contributed by atoms with van der Waals surface area (Å²) in [6.45, 7) is 6.62. The van der Waals surface area contributed by atoms with Crippen molar-refractivity contribution in [1.82, 2.24) is 0 Å². The first-order valence-corrected chi connectivity index (χ1v) is 4.35. The molecule has 0 saturated carbocycles. The number of rotatable bonds is 6. The molecular formula is C10H16O4. The van der Waals surface area contributed by atoms with E-state index in [9.17, 15) is 9.59 Å². The number of hydrogen-bond acceptors (Lipinski definition) is 4. The average molecular weight is 200 g/mol. The quantitative estimate of drug-likeness (QED) is 0.389. The highest BCUT2D eigenvalue weighted by Gasteiger charge is 2.29. The van der Waals surface area contributed by atoms with Gasteiger partial charge in [0.25, 0.3) is 0 Å². The van der Waals surface area contributed by atoms with Gasteiger partial charge in [-0.15, -0.1) is 0 Å². The first-order chi connectivity index (χ1) is 6.44. The van der Waals surface area contributed by atoms with Gasteiger partial charge >= 0.3 is 5.97 Å². The van der Waals surface area contributed by atoms with E-state index < -0.39 is 11.4 Å². The highest BCUT2D eigenvalue weighted by molar-refractivity contribution is 5.79. The zero-order valence-corrected chi connectivity index (χ0v) is 8.58. The van der Waals surface area contributed by atoms with Crippen LogP contribution in [0.4, 0.5) is 0 Å². The van der Waals surface area contributed by atoms with Gasteiger partial charge in [-0.1, -0.05) is 6.58 Å². The topological polar surface area (TPSA) is 63.6 Å².